The maximum Gasteiger partial charge on any atom is 0.223 e. The zero-order chi connectivity index (χ0) is 22.4. The molecule has 1 unspecified atom stereocenters. The van der Waals surface area contributed by atoms with Crippen molar-refractivity contribution in [2.24, 2.45) is 5.92 Å². The van der Waals surface area contributed by atoms with Crippen LogP contribution in [0.1, 0.15) is 43.9 Å². The van der Waals surface area contributed by atoms with Crippen LogP contribution in [0, 0.1) is 5.92 Å². The lowest BCUT2D eigenvalue weighted by atomic mass is 9.96. The van der Waals surface area contributed by atoms with Crippen molar-refractivity contribution in [3.8, 4) is 5.75 Å². The summed E-state index contributed by atoms with van der Waals surface area (Å²) in [6.07, 6.45) is 1.06. The number of nitrogens with zero attached hydrogens (tertiary/aromatic N) is 1. The Morgan fingerprint density at radius 3 is 2.32 bits per heavy atom. The van der Waals surface area contributed by atoms with Crippen LogP contribution in [0.3, 0.4) is 0 Å². The molecular formula is C23H29BrN2O4S. The van der Waals surface area contributed by atoms with Gasteiger partial charge < -0.3 is 10.1 Å². The summed E-state index contributed by atoms with van der Waals surface area (Å²) in [7, 11) is -3.40. The van der Waals surface area contributed by atoms with Crippen molar-refractivity contribution in [2.45, 2.75) is 38.5 Å². The summed E-state index contributed by atoms with van der Waals surface area (Å²) in [5.74, 6) is 0.587. The molecule has 2 aromatic rings. The van der Waals surface area contributed by atoms with Crippen molar-refractivity contribution in [2.75, 3.05) is 19.7 Å². The van der Waals surface area contributed by atoms with Crippen LogP contribution < -0.4 is 10.1 Å². The van der Waals surface area contributed by atoms with Gasteiger partial charge in [0.2, 0.25) is 15.9 Å². The minimum absolute atomic E-state index is 0.0219. The van der Waals surface area contributed by atoms with Crippen molar-refractivity contribution in [3.63, 3.8) is 0 Å². The maximum absolute atomic E-state index is 12.8. The zero-order valence-corrected chi connectivity index (χ0v) is 20.3. The van der Waals surface area contributed by atoms with Gasteiger partial charge >= 0.3 is 0 Å². The van der Waals surface area contributed by atoms with Crippen molar-refractivity contribution >= 4 is 31.9 Å². The Morgan fingerprint density at radius 2 is 1.74 bits per heavy atom. The highest BCUT2D eigenvalue weighted by molar-refractivity contribution is 9.10. The molecule has 1 heterocycles. The van der Waals surface area contributed by atoms with E-state index in [1.54, 1.807) is 0 Å². The highest BCUT2D eigenvalue weighted by Crippen LogP contribution is 2.24. The van der Waals surface area contributed by atoms with E-state index in [1.165, 1.54) is 4.31 Å². The van der Waals surface area contributed by atoms with E-state index in [1.807, 2.05) is 62.4 Å². The van der Waals surface area contributed by atoms with Crippen LogP contribution in [-0.2, 0) is 20.6 Å². The molecule has 6 nitrogen and oxygen atoms in total. The van der Waals surface area contributed by atoms with E-state index in [0.29, 0.717) is 32.5 Å². The van der Waals surface area contributed by atoms with E-state index in [2.05, 4.69) is 21.2 Å². The first kappa shape index (κ1) is 23.8. The lowest BCUT2D eigenvalue weighted by Crippen LogP contribution is -2.43. The third-order valence-electron chi connectivity index (χ3n) is 5.53. The number of carbonyl (C=O) groups excluding carboxylic acids is 1. The van der Waals surface area contributed by atoms with Gasteiger partial charge in [-0.2, -0.15) is 0 Å². The Kier molecular flexibility index (Phi) is 8.13. The molecule has 1 N–H and O–H groups in total. The fourth-order valence-corrected chi connectivity index (χ4v) is 5.54. The Morgan fingerprint density at radius 1 is 1.13 bits per heavy atom. The van der Waals surface area contributed by atoms with Crippen LogP contribution in [0.15, 0.2) is 53.0 Å². The normalized spacial score (nSPS) is 16.6. The van der Waals surface area contributed by atoms with Crippen LogP contribution in [-0.4, -0.2) is 38.3 Å². The second-order valence-electron chi connectivity index (χ2n) is 7.79. The minimum atomic E-state index is -3.40. The van der Waals surface area contributed by atoms with Crippen LogP contribution >= 0.6 is 15.9 Å². The number of piperidine rings is 1. The molecule has 168 valence electrons. The summed E-state index contributed by atoms with van der Waals surface area (Å²) in [6.45, 7) is 5.24. The van der Waals surface area contributed by atoms with Crippen LogP contribution in [0.5, 0.6) is 5.75 Å². The predicted molar refractivity (Wildman–Crippen MR) is 125 cm³/mol. The summed E-state index contributed by atoms with van der Waals surface area (Å²) >= 11 is 3.36. The fraction of sp³-hybridized carbons (Fsp3) is 0.435. The Bertz CT molecular complexity index is 970. The van der Waals surface area contributed by atoms with E-state index in [0.717, 1.165) is 21.3 Å². The Balaban J connectivity index is 1.51. The van der Waals surface area contributed by atoms with Gasteiger partial charge in [-0.25, -0.2) is 12.7 Å². The largest absolute Gasteiger partial charge is 0.494 e. The maximum atomic E-state index is 12.8. The highest BCUT2D eigenvalue weighted by Gasteiger charge is 2.31. The molecule has 1 atom stereocenters. The standard InChI is InChI=1S/C23H29BrN2O4S/c1-3-30-22-10-6-19(7-11-22)17(2)25-23(27)20-12-14-26(15-13-20)31(28,29)16-18-4-8-21(24)9-5-18/h4-11,17,20H,3,12-16H2,1-2H3,(H,25,27). The van der Waals surface area contributed by atoms with Crippen molar-refractivity contribution in [1.82, 2.24) is 9.62 Å². The number of halogens is 1. The average molecular weight is 509 g/mol. The van der Waals surface area contributed by atoms with E-state index in [9.17, 15) is 13.2 Å². The molecular weight excluding hydrogens is 480 g/mol. The molecule has 1 amide bonds. The Labute approximate surface area is 193 Å². The molecule has 0 saturated carbocycles. The number of rotatable bonds is 8. The SMILES string of the molecule is CCOc1ccc(C(C)NC(=O)C2CCN(S(=O)(=O)Cc3ccc(Br)cc3)CC2)cc1. The van der Waals surface area contributed by atoms with Gasteiger partial charge in [-0.15, -0.1) is 0 Å². The van der Waals surface area contributed by atoms with Crippen molar-refractivity contribution in [3.05, 3.63) is 64.1 Å². The van der Waals surface area contributed by atoms with Gasteiger partial charge in [0.05, 0.1) is 18.4 Å². The lowest BCUT2D eigenvalue weighted by molar-refractivity contribution is -0.126. The monoisotopic (exact) mass is 508 g/mol. The van der Waals surface area contributed by atoms with Crippen LogP contribution in [0.25, 0.3) is 0 Å². The number of carbonyl (C=O) groups is 1. The van der Waals surface area contributed by atoms with Crippen LogP contribution in [0.4, 0.5) is 0 Å². The van der Waals surface area contributed by atoms with Crippen LogP contribution in [0.2, 0.25) is 0 Å². The molecule has 0 aromatic heterocycles. The molecule has 1 aliphatic heterocycles. The lowest BCUT2D eigenvalue weighted by Gasteiger charge is -2.31. The summed E-state index contributed by atoms with van der Waals surface area (Å²) in [4.78, 5) is 12.7. The molecule has 0 radical (unpaired) electrons. The van der Waals surface area contributed by atoms with Gasteiger partial charge in [-0.05, 0) is 62.1 Å². The average Bonchev–Trinajstić information content (AvgIpc) is 2.76. The predicted octanol–water partition coefficient (Wildman–Crippen LogP) is 4.27. The molecule has 0 bridgehead atoms. The van der Waals surface area contributed by atoms with Gasteiger partial charge in [-0.1, -0.05) is 40.2 Å². The summed E-state index contributed by atoms with van der Waals surface area (Å²) in [5, 5.41) is 3.06. The summed E-state index contributed by atoms with van der Waals surface area (Å²) < 4.78 is 33.4. The molecule has 1 fully saturated rings. The van der Waals surface area contributed by atoms with Gasteiger partial charge in [0, 0.05) is 23.5 Å². The Hall–Kier alpha value is -1.90. The zero-order valence-electron chi connectivity index (χ0n) is 17.9. The van der Waals surface area contributed by atoms with E-state index in [-0.39, 0.29) is 23.6 Å². The number of amides is 1. The molecule has 1 saturated heterocycles. The molecule has 8 heteroatoms. The van der Waals surface area contributed by atoms with E-state index < -0.39 is 10.0 Å². The smallest absolute Gasteiger partial charge is 0.223 e. The van der Waals surface area contributed by atoms with E-state index in [4.69, 9.17) is 4.74 Å². The second-order valence-corrected chi connectivity index (χ2v) is 10.7. The fourth-order valence-electron chi connectivity index (χ4n) is 3.71. The van der Waals surface area contributed by atoms with Gasteiger partial charge in [0.1, 0.15) is 5.75 Å². The topological polar surface area (TPSA) is 75.7 Å². The highest BCUT2D eigenvalue weighted by atomic mass is 79.9. The molecule has 0 spiro atoms. The number of nitrogens with one attached hydrogen (secondary N) is 1. The first-order chi connectivity index (χ1) is 14.8. The number of hydrogen-bond donors (Lipinski definition) is 1. The van der Waals surface area contributed by atoms with Gasteiger partial charge in [0.25, 0.3) is 0 Å². The molecule has 31 heavy (non-hydrogen) atoms. The molecule has 2 aromatic carbocycles. The third-order valence-corrected chi connectivity index (χ3v) is 7.91. The first-order valence-electron chi connectivity index (χ1n) is 10.5. The number of sulfonamides is 1. The van der Waals surface area contributed by atoms with Crippen molar-refractivity contribution in [1.29, 1.82) is 0 Å². The van der Waals surface area contributed by atoms with Gasteiger partial charge in [-0.3, -0.25) is 4.79 Å². The minimum Gasteiger partial charge on any atom is -0.494 e. The quantitative estimate of drug-likeness (QED) is 0.577. The first-order valence-corrected chi connectivity index (χ1v) is 12.9. The van der Waals surface area contributed by atoms with Crippen molar-refractivity contribution < 1.29 is 17.9 Å². The molecule has 3 rings (SSSR count). The second kappa shape index (κ2) is 10.6. The third kappa shape index (κ3) is 6.54. The number of hydrogen-bond acceptors (Lipinski definition) is 4. The number of ether oxygens (including phenoxy) is 1. The number of benzene rings is 2. The summed E-state index contributed by atoms with van der Waals surface area (Å²) in [6, 6.07) is 14.9. The van der Waals surface area contributed by atoms with E-state index >= 15 is 0 Å². The molecule has 1 aliphatic rings. The summed E-state index contributed by atoms with van der Waals surface area (Å²) in [5.41, 5.74) is 1.76. The van der Waals surface area contributed by atoms with Gasteiger partial charge in [0.15, 0.2) is 0 Å². The molecule has 0 aliphatic carbocycles.